The Hall–Kier alpha value is -0.450. The molecular formula is C12H10Br2Cl2N3O5P. The van der Waals surface area contributed by atoms with E-state index in [1.165, 1.54) is 19.1 Å². The predicted octanol–water partition coefficient (Wildman–Crippen LogP) is 4.60. The fourth-order valence-corrected chi connectivity index (χ4v) is 3.61. The Kier molecular flexibility index (Phi) is 6.72. The number of anilines is 1. The summed E-state index contributed by atoms with van der Waals surface area (Å²) in [6.07, 6.45) is -1.22. The Balaban J connectivity index is 2.37. The highest BCUT2D eigenvalue weighted by atomic mass is 79.9. The zero-order valence-electron chi connectivity index (χ0n) is 12.3. The van der Waals surface area contributed by atoms with Gasteiger partial charge in [0.1, 0.15) is 10.3 Å². The number of phosphoric acid groups is 1. The second-order valence-electron chi connectivity index (χ2n) is 4.67. The quantitative estimate of drug-likeness (QED) is 0.481. The molecule has 0 bridgehead atoms. The SMILES string of the molecule is CC(OP(=O)(O)O)n1nc(Br)c(Br)c1C(=O)Nc1ccc(Cl)cc1Cl. The van der Waals surface area contributed by atoms with E-state index < -0.39 is 20.0 Å². The summed E-state index contributed by atoms with van der Waals surface area (Å²) in [5.74, 6) is -0.629. The van der Waals surface area contributed by atoms with E-state index in [0.717, 1.165) is 4.68 Å². The normalized spacial score (nSPS) is 12.9. The molecule has 2 aromatic rings. The van der Waals surface area contributed by atoms with E-state index in [0.29, 0.717) is 10.7 Å². The summed E-state index contributed by atoms with van der Waals surface area (Å²) in [6.45, 7) is 1.33. The average molecular weight is 538 g/mol. The van der Waals surface area contributed by atoms with Crippen LogP contribution in [0.2, 0.25) is 10.0 Å². The summed E-state index contributed by atoms with van der Waals surface area (Å²) >= 11 is 18.2. The van der Waals surface area contributed by atoms with Gasteiger partial charge in [-0.3, -0.25) is 9.32 Å². The molecule has 0 aliphatic rings. The van der Waals surface area contributed by atoms with E-state index in [1.54, 1.807) is 6.07 Å². The molecule has 3 N–H and O–H groups in total. The number of benzene rings is 1. The molecule has 0 saturated heterocycles. The van der Waals surface area contributed by atoms with E-state index in [2.05, 4.69) is 46.8 Å². The largest absolute Gasteiger partial charge is 0.471 e. The first-order chi connectivity index (χ1) is 11.5. The lowest BCUT2D eigenvalue weighted by atomic mass is 10.3. The Labute approximate surface area is 168 Å². The van der Waals surface area contributed by atoms with Gasteiger partial charge in [0.15, 0.2) is 6.23 Å². The highest BCUT2D eigenvalue weighted by molar-refractivity contribution is 9.13. The van der Waals surface area contributed by atoms with Crippen LogP contribution in [0.25, 0.3) is 0 Å². The van der Waals surface area contributed by atoms with Crippen LogP contribution in [0.1, 0.15) is 23.6 Å². The van der Waals surface area contributed by atoms with Crippen LogP contribution in [0.5, 0.6) is 0 Å². The number of phosphoric ester groups is 1. The van der Waals surface area contributed by atoms with E-state index in [-0.39, 0.29) is 19.8 Å². The van der Waals surface area contributed by atoms with Gasteiger partial charge in [-0.1, -0.05) is 23.2 Å². The number of carbonyl (C=O) groups excluding carboxylic acids is 1. The molecule has 1 aromatic heterocycles. The van der Waals surface area contributed by atoms with Gasteiger partial charge in [0.25, 0.3) is 5.91 Å². The highest BCUT2D eigenvalue weighted by Gasteiger charge is 2.28. The minimum Gasteiger partial charge on any atom is -0.319 e. The van der Waals surface area contributed by atoms with Crippen LogP contribution in [0.3, 0.4) is 0 Å². The molecule has 1 aromatic carbocycles. The Morgan fingerprint density at radius 2 is 2.04 bits per heavy atom. The van der Waals surface area contributed by atoms with Gasteiger partial charge in [0.05, 0.1) is 15.2 Å². The zero-order valence-corrected chi connectivity index (χ0v) is 17.9. The van der Waals surface area contributed by atoms with Gasteiger partial charge in [-0.25, -0.2) is 9.25 Å². The highest BCUT2D eigenvalue weighted by Crippen LogP contribution is 2.41. The molecule has 1 atom stereocenters. The number of amides is 1. The molecule has 2 rings (SSSR count). The number of carbonyl (C=O) groups is 1. The Morgan fingerprint density at radius 3 is 2.60 bits per heavy atom. The summed E-state index contributed by atoms with van der Waals surface area (Å²) in [5, 5.41) is 7.20. The molecule has 1 unspecified atom stereocenters. The molecule has 136 valence electrons. The third-order valence-corrected chi connectivity index (χ3v) is 5.81. The smallest absolute Gasteiger partial charge is 0.319 e. The Bertz CT molecular complexity index is 873. The first-order valence-electron chi connectivity index (χ1n) is 6.43. The van der Waals surface area contributed by atoms with Crippen molar-refractivity contribution in [1.29, 1.82) is 0 Å². The summed E-state index contributed by atoms with van der Waals surface area (Å²) in [7, 11) is -4.78. The summed E-state index contributed by atoms with van der Waals surface area (Å²) in [4.78, 5) is 30.5. The average Bonchev–Trinajstić information content (AvgIpc) is 2.76. The van der Waals surface area contributed by atoms with Crippen LogP contribution in [0.15, 0.2) is 27.3 Å². The fourth-order valence-electron chi connectivity index (χ4n) is 1.87. The predicted molar refractivity (Wildman–Crippen MR) is 99.9 cm³/mol. The molecule has 0 fully saturated rings. The van der Waals surface area contributed by atoms with Crippen molar-refractivity contribution in [1.82, 2.24) is 9.78 Å². The first kappa shape index (κ1) is 20.9. The second-order valence-corrected chi connectivity index (χ2v) is 8.25. The van der Waals surface area contributed by atoms with Crippen LogP contribution in [-0.4, -0.2) is 25.5 Å². The molecule has 1 heterocycles. The molecule has 13 heteroatoms. The second kappa shape index (κ2) is 8.06. The Morgan fingerprint density at radius 1 is 1.40 bits per heavy atom. The van der Waals surface area contributed by atoms with Crippen LogP contribution < -0.4 is 5.32 Å². The van der Waals surface area contributed by atoms with Crippen molar-refractivity contribution >= 4 is 74.5 Å². The number of rotatable bonds is 5. The van der Waals surface area contributed by atoms with Crippen LogP contribution in [0, 0.1) is 0 Å². The van der Waals surface area contributed by atoms with Crippen molar-refractivity contribution in [2.75, 3.05) is 5.32 Å². The van der Waals surface area contributed by atoms with Gasteiger partial charge in [-0.2, -0.15) is 5.10 Å². The van der Waals surface area contributed by atoms with Gasteiger partial charge in [0, 0.05) is 5.02 Å². The van der Waals surface area contributed by atoms with Crippen LogP contribution in [-0.2, 0) is 9.09 Å². The maximum atomic E-state index is 12.6. The summed E-state index contributed by atoms with van der Waals surface area (Å²) in [6, 6.07) is 4.52. The van der Waals surface area contributed by atoms with E-state index >= 15 is 0 Å². The minimum absolute atomic E-state index is 0.0289. The lowest BCUT2D eigenvalue weighted by Crippen LogP contribution is -2.21. The molecule has 0 radical (unpaired) electrons. The number of halogens is 4. The lowest BCUT2D eigenvalue weighted by Gasteiger charge is -2.17. The van der Waals surface area contributed by atoms with E-state index in [4.69, 9.17) is 33.0 Å². The zero-order chi connectivity index (χ0) is 18.9. The number of nitrogens with one attached hydrogen (secondary N) is 1. The molecular weight excluding hydrogens is 528 g/mol. The van der Waals surface area contributed by atoms with Gasteiger partial charge in [0.2, 0.25) is 0 Å². The molecule has 8 nitrogen and oxygen atoms in total. The van der Waals surface area contributed by atoms with Crippen molar-refractivity contribution in [3.05, 3.63) is 43.0 Å². The topological polar surface area (TPSA) is 114 Å². The van der Waals surface area contributed by atoms with Crippen molar-refractivity contribution in [3.8, 4) is 0 Å². The molecule has 25 heavy (non-hydrogen) atoms. The van der Waals surface area contributed by atoms with E-state index in [9.17, 15) is 9.36 Å². The molecule has 0 saturated carbocycles. The van der Waals surface area contributed by atoms with Gasteiger partial charge < -0.3 is 15.1 Å². The summed E-state index contributed by atoms with van der Waals surface area (Å²) in [5.41, 5.74) is 0.272. The van der Waals surface area contributed by atoms with Gasteiger partial charge in [-0.05, 0) is 57.0 Å². The summed E-state index contributed by atoms with van der Waals surface area (Å²) < 4.78 is 17.2. The number of aromatic nitrogens is 2. The van der Waals surface area contributed by atoms with Crippen molar-refractivity contribution < 1.29 is 23.7 Å². The van der Waals surface area contributed by atoms with Crippen LogP contribution in [0.4, 0.5) is 5.69 Å². The van der Waals surface area contributed by atoms with Crippen molar-refractivity contribution in [2.24, 2.45) is 0 Å². The number of hydrogen-bond donors (Lipinski definition) is 3. The van der Waals surface area contributed by atoms with Gasteiger partial charge in [-0.15, -0.1) is 0 Å². The monoisotopic (exact) mass is 535 g/mol. The maximum Gasteiger partial charge on any atom is 0.471 e. The van der Waals surface area contributed by atoms with E-state index in [1.807, 2.05) is 0 Å². The van der Waals surface area contributed by atoms with Crippen molar-refractivity contribution in [2.45, 2.75) is 13.2 Å². The van der Waals surface area contributed by atoms with Crippen molar-refractivity contribution in [3.63, 3.8) is 0 Å². The first-order valence-corrected chi connectivity index (χ1v) is 10.3. The molecule has 0 aliphatic carbocycles. The molecule has 0 spiro atoms. The molecule has 0 aliphatic heterocycles. The third-order valence-electron chi connectivity index (χ3n) is 2.84. The van der Waals surface area contributed by atoms with Gasteiger partial charge >= 0.3 is 7.82 Å². The lowest BCUT2D eigenvalue weighted by molar-refractivity contribution is 0.0801. The third kappa shape index (κ3) is 5.27. The number of hydrogen-bond acceptors (Lipinski definition) is 4. The maximum absolute atomic E-state index is 12.6. The minimum atomic E-state index is -4.78. The molecule has 1 amide bonds. The van der Waals surface area contributed by atoms with Crippen LogP contribution >= 0.6 is 62.9 Å². The number of nitrogens with zero attached hydrogens (tertiary/aromatic N) is 2. The fraction of sp³-hybridized carbons (Fsp3) is 0.167. The standard InChI is InChI=1S/C12H10Br2Cl2N3O5P/c1-5(24-25(21,22)23)19-10(9(13)11(14)18-19)12(20)17-8-3-2-6(15)4-7(8)16/h2-5H,1H3,(H,17,20)(H2,21,22,23).